The van der Waals surface area contributed by atoms with Crippen LogP contribution in [0.5, 0.6) is 11.5 Å². The van der Waals surface area contributed by atoms with Crippen molar-refractivity contribution in [1.82, 2.24) is 0 Å². The van der Waals surface area contributed by atoms with E-state index in [1.807, 2.05) is 12.1 Å². The highest BCUT2D eigenvalue weighted by atomic mass is 79.9. The van der Waals surface area contributed by atoms with Crippen molar-refractivity contribution in [3.05, 3.63) is 52.5 Å². The van der Waals surface area contributed by atoms with Crippen molar-refractivity contribution in [2.24, 2.45) is 0 Å². The second-order valence-corrected chi connectivity index (χ2v) is 5.70. The number of ether oxygens (including phenoxy) is 2. The van der Waals surface area contributed by atoms with Gasteiger partial charge in [-0.05, 0) is 49.4 Å². The average molecular weight is 378 g/mol. The number of halogens is 1. The summed E-state index contributed by atoms with van der Waals surface area (Å²) < 4.78 is 11.7. The average Bonchev–Trinajstić information content (AvgIpc) is 2.56. The molecule has 2 aromatic rings. The van der Waals surface area contributed by atoms with Crippen molar-refractivity contribution < 1.29 is 19.1 Å². The van der Waals surface area contributed by atoms with Gasteiger partial charge < -0.3 is 14.8 Å². The van der Waals surface area contributed by atoms with Gasteiger partial charge in [-0.15, -0.1) is 0 Å². The zero-order valence-corrected chi connectivity index (χ0v) is 14.3. The first-order chi connectivity index (χ1) is 11.0. The third kappa shape index (κ3) is 4.56. The third-order valence-corrected chi connectivity index (χ3v) is 3.64. The Hall–Kier alpha value is -2.34. The standard InChI is InChI=1S/C17H16BrNO4/c1-11(17(21)19-14-6-4-13(18)5-7-14)23-16-9-12(10-20)3-8-15(16)22-2/h3-11H,1-2H3,(H,19,21). The van der Waals surface area contributed by atoms with Crippen LogP contribution in [-0.4, -0.2) is 25.4 Å². The molecule has 1 amide bonds. The predicted octanol–water partition coefficient (Wildman–Crippen LogP) is 3.68. The highest BCUT2D eigenvalue weighted by Gasteiger charge is 2.17. The summed E-state index contributed by atoms with van der Waals surface area (Å²) in [6.07, 6.45) is -0.0479. The van der Waals surface area contributed by atoms with E-state index in [1.165, 1.54) is 13.2 Å². The Morgan fingerprint density at radius 2 is 1.87 bits per heavy atom. The van der Waals surface area contributed by atoms with E-state index in [9.17, 15) is 9.59 Å². The molecule has 0 heterocycles. The minimum Gasteiger partial charge on any atom is -0.493 e. The summed E-state index contributed by atoms with van der Waals surface area (Å²) >= 11 is 3.33. The first-order valence-electron chi connectivity index (χ1n) is 6.90. The smallest absolute Gasteiger partial charge is 0.265 e. The van der Waals surface area contributed by atoms with Gasteiger partial charge in [0.15, 0.2) is 17.6 Å². The quantitative estimate of drug-likeness (QED) is 0.779. The van der Waals surface area contributed by atoms with Crippen LogP contribution in [0.1, 0.15) is 17.3 Å². The Labute approximate surface area is 142 Å². The molecule has 0 bridgehead atoms. The lowest BCUT2D eigenvalue weighted by atomic mass is 10.2. The number of hydrogen-bond acceptors (Lipinski definition) is 4. The van der Waals surface area contributed by atoms with Crippen LogP contribution in [0.4, 0.5) is 5.69 Å². The topological polar surface area (TPSA) is 64.6 Å². The molecule has 23 heavy (non-hydrogen) atoms. The molecule has 1 N–H and O–H groups in total. The highest BCUT2D eigenvalue weighted by Crippen LogP contribution is 2.28. The van der Waals surface area contributed by atoms with E-state index >= 15 is 0 Å². The Kier molecular flexibility index (Phi) is 5.76. The molecular formula is C17H16BrNO4. The summed E-state index contributed by atoms with van der Waals surface area (Å²) in [4.78, 5) is 23.1. The molecule has 1 unspecified atom stereocenters. The first kappa shape index (κ1) is 17.0. The zero-order valence-electron chi connectivity index (χ0n) is 12.7. The van der Waals surface area contributed by atoms with Gasteiger partial charge in [0.2, 0.25) is 0 Å². The Morgan fingerprint density at radius 3 is 2.48 bits per heavy atom. The summed E-state index contributed by atoms with van der Waals surface area (Å²) in [6.45, 7) is 1.63. The number of rotatable bonds is 6. The minimum atomic E-state index is -0.755. The molecule has 0 aliphatic rings. The molecule has 0 saturated carbocycles. The van der Waals surface area contributed by atoms with Crippen molar-refractivity contribution in [1.29, 1.82) is 0 Å². The predicted molar refractivity (Wildman–Crippen MR) is 91.2 cm³/mol. The summed E-state index contributed by atoms with van der Waals surface area (Å²) in [6, 6.07) is 12.0. The molecule has 0 fully saturated rings. The summed E-state index contributed by atoms with van der Waals surface area (Å²) in [5.74, 6) is 0.500. The van der Waals surface area contributed by atoms with Gasteiger partial charge in [0.25, 0.3) is 5.91 Å². The zero-order chi connectivity index (χ0) is 16.8. The van der Waals surface area contributed by atoms with Crippen LogP contribution >= 0.6 is 15.9 Å². The number of carbonyl (C=O) groups is 2. The highest BCUT2D eigenvalue weighted by molar-refractivity contribution is 9.10. The molecule has 1 atom stereocenters. The van der Waals surface area contributed by atoms with Crippen molar-refractivity contribution in [3.63, 3.8) is 0 Å². The van der Waals surface area contributed by atoms with E-state index in [0.717, 1.165) is 4.47 Å². The molecule has 120 valence electrons. The van der Waals surface area contributed by atoms with Gasteiger partial charge in [0, 0.05) is 15.7 Å². The lowest BCUT2D eigenvalue weighted by Crippen LogP contribution is -2.30. The van der Waals surface area contributed by atoms with Crippen LogP contribution < -0.4 is 14.8 Å². The van der Waals surface area contributed by atoms with Crippen LogP contribution in [-0.2, 0) is 4.79 Å². The largest absolute Gasteiger partial charge is 0.493 e. The molecule has 0 aromatic heterocycles. The fourth-order valence-corrected chi connectivity index (χ4v) is 2.14. The van der Waals surface area contributed by atoms with E-state index in [0.29, 0.717) is 29.0 Å². The summed E-state index contributed by atoms with van der Waals surface area (Å²) in [5, 5.41) is 2.76. The monoisotopic (exact) mass is 377 g/mol. The Balaban J connectivity index is 2.08. The molecule has 6 heteroatoms. The fourth-order valence-electron chi connectivity index (χ4n) is 1.88. The van der Waals surface area contributed by atoms with E-state index in [2.05, 4.69) is 21.2 Å². The number of amides is 1. The molecule has 2 aromatic carbocycles. The molecule has 0 saturated heterocycles. The lowest BCUT2D eigenvalue weighted by Gasteiger charge is -2.17. The Morgan fingerprint density at radius 1 is 1.17 bits per heavy atom. The molecule has 5 nitrogen and oxygen atoms in total. The van der Waals surface area contributed by atoms with E-state index in [4.69, 9.17) is 9.47 Å². The second-order valence-electron chi connectivity index (χ2n) is 4.78. The summed E-state index contributed by atoms with van der Waals surface area (Å²) in [5.41, 5.74) is 1.11. The van der Waals surface area contributed by atoms with Gasteiger partial charge in [-0.2, -0.15) is 0 Å². The number of methoxy groups -OCH3 is 1. The van der Waals surface area contributed by atoms with Crippen molar-refractivity contribution in [2.75, 3.05) is 12.4 Å². The molecule has 0 aliphatic heterocycles. The van der Waals surface area contributed by atoms with Crippen LogP contribution in [0.2, 0.25) is 0 Å². The molecule has 0 spiro atoms. The fraction of sp³-hybridized carbons (Fsp3) is 0.176. The van der Waals surface area contributed by atoms with Crippen molar-refractivity contribution >= 4 is 33.8 Å². The van der Waals surface area contributed by atoms with Gasteiger partial charge >= 0.3 is 0 Å². The molecule has 0 radical (unpaired) electrons. The maximum atomic E-state index is 12.2. The first-order valence-corrected chi connectivity index (χ1v) is 7.69. The number of anilines is 1. The second kappa shape index (κ2) is 7.78. The lowest BCUT2D eigenvalue weighted by molar-refractivity contribution is -0.122. The van der Waals surface area contributed by atoms with Gasteiger partial charge in [0.1, 0.15) is 6.29 Å². The van der Waals surface area contributed by atoms with Crippen LogP contribution in [0.15, 0.2) is 46.9 Å². The maximum absolute atomic E-state index is 12.2. The van der Waals surface area contributed by atoms with E-state index in [1.54, 1.807) is 31.2 Å². The van der Waals surface area contributed by atoms with E-state index in [-0.39, 0.29) is 5.91 Å². The van der Waals surface area contributed by atoms with Crippen molar-refractivity contribution in [2.45, 2.75) is 13.0 Å². The number of carbonyl (C=O) groups excluding carboxylic acids is 2. The maximum Gasteiger partial charge on any atom is 0.265 e. The van der Waals surface area contributed by atoms with Crippen molar-refractivity contribution in [3.8, 4) is 11.5 Å². The van der Waals surface area contributed by atoms with Crippen LogP contribution in [0.25, 0.3) is 0 Å². The minimum absolute atomic E-state index is 0.300. The number of benzene rings is 2. The molecule has 0 aliphatic carbocycles. The van der Waals surface area contributed by atoms with Crippen LogP contribution in [0.3, 0.4) is 0 Å². The van der Waals surface area contributed by atoms with Crippen LogP contribution in [0, 0.1) is 0 Å². The van der Waals surface area contributed by atoms with E-state index < -0.39 is 6.10 Å². The molecular weight excluding hydrogens is 362 g/mol. The Bertz CT molecular complexity index is 700. The number of aldehydes is 1. The number of hydrogen-bond donors (Lipinski definition) is 1. The SMILES string of the molecule is COc1ccc(C=O)cc1OC(C)C(=O)Nc1ccc(Br)cc1. The molecule has 2 rings (SSSR count). The number of nitrogens with one attached hydrogen (secondary N) is 1. The van der Waals surface area contributed by atoms with Gasteiger partial charge in [-0.3, -0.25) is 9.59 Å². The van der Waals surface area contributed by atoms with Gasteiger partial charge in [0.05, 0.1) is 7.11 Å². The third-order valence-electron chi connectivity index (χ3n) is 3.11. The summed E-state index contributed by atoms with van der Waals surface area (Å²) in [7, 11) is 1.50. The van der Waals surface area contributed by atoms with Gasteiger partial charge in [-0.1, -0.05) is 15.9 Å². The normalized spacial score (nSPS) is 11.4. The van der Waals surface area contributed by atoms with Gasteiger partial charge in [-0.25, -0.2) is 0 Å².